The molecule has 0 saturated heterocycles. The molecule has 116 valence electrons. The Kier molecular flexibility index (Phi) is 17.9. The molecule has 0 fully saturated rings. The normalized spacial score (nSPS) is 11.3. The predicted octanol–water partition coefficient (Wildman–Crippen LogP) is 2.69. The molecule has 0 aliphatic rings. The van der Waals surface area contributed by atoms with E-state index >= 15 is 0 Å². The lowest BCUT2D eigenvalue weighted by molar-refractivity contribution is 0.332. The van der Waals surface area contributed by atoms with Gasteiger partial charge in [0.25, 0.3) is 0 Å². The molecule has 0 aromatic carbocycles. The zero-order valence-electron chi connectivity index (χ0n) is 13.2. The molecule has 0 unspecified atom stereocenters. The van der Waals surface area contributed by atoms with Crippen LogP contribution in [0, 0.1) is 0 Å². The van der Waals surface area contributed by atoms with E-state index in [4.69, 9.17) is 0 Å². The molecule has 0 rings (SSSR count). The maximum atomic E-state index is 4.22. The Bertz CT molecular complexity index is 210. The van der Waals surface area contributed by atoms with Crippen molar-refractivity contribution >= 4 is 29.9 Å². The van der Waals surface area contributed by atoms with Gasteiger partial charge in [-0.1, -0.05) is 33.1 Å². The number of hydrogen-bond acceptors (Lipinski definition) is 2. The second kappa shape index (κ2) is 16.0. The Morgan fingerprint density at radius 1 is 0.947 bits per heavy atom. The summed E-state index contributed by atoms with van der Waals surface area (Å²) in [7, 11) is 4.00. The standard InChI is InChI=1S/C14H32N4.HI/c1-5-7-9-10-16-14(15-3)17-11-13-18(4)12-8-6-2;/h5-13H2,1-4H3,(H2,15,16,17);1H. The minimum absolute atomic E-state index is 0. The molecule has 0 aromatic rings. The second-order valence-corrected chi connectivity index (χ2v) is 4.79. The van der Waals surface area contributed by atoms with E-state index in [1.807, 2.05) is 7.05 Å². The Hall–Kier alpha value is -0.0400. The van der Waals surface area contributed by atoms with E-state index in [1.165, 1.54) is 38.6 Å². The number of guanidine groups is 1. The van der Waals surface area contributed by atoms with Crippen LogP contribution in [0.1, 0.15) is 46.0 Å². The van der Waals surface area contributed by atoms with Crippen LogP contribution in [0.4, 0.5) is 0 Å². The van der Waals surface area contributed by atoms with Gasteiger partial charge in [-0.25, -0.2) is 0 Å². The molecule has 0 radical (unpaired) electrons. The molecule has 19 heavy (non-hydrogen) atoms. The fourth-order valence-electron chi connectivity index (χ4n) is 1.71. The monoisotopic (exact) mass is 384 g/mol. The van der Waals surface area contributed by atoms with Gasteiger partial charge in [0.2, 0.25) is 0 Å². The van der Waals surface area contributed by atoms with Crippen molar-refractivity contribution in [2.45, 2.75) is 46.0 Å². The van der Waals surface area contributed by atoms with Crippen LogP contribution in [0.2, 0.25) is 0 Å². The number of nitrogens with zero attached hydrogens (tertiary/aromatic N) is 2. The van der Waals surface area contributed by atoms with E-state index in [1.54, 1.807) is 0 Å². The largest absolute Gasteiger partial charge is 0.356 e. The van der Waals surface area contributed by atoms with Crippen LogP contribution < -0.4 is 10.6 Å². The molecule has 0 spiro atoms. The van der Waals surface area contributed by atoms with Gasteiger partial charge in [0.05, 0.1) is 0 Å². The van der Waals surface area contributed by atoms with E-state index in [0.29, 0.717) is 0 Å². The van der Waals surface area contributed by atoms with Crippen molar-refractivity contribution in [3.63, 3.8) is 0 Å². The van der Waals surface area contributed by atoms with E-state index in [-0.39, 0.29) is 24.0 Å². The Labute approximate surface area is 136 Å². The molecular weight excluding hydrogens is 351 g/mol. The van der Waals surface area contributed by atoms with Crippen LogP contribution in [0.25, 0.3) is 0 Å². The number of rotatable bonds is 10. The topological polar surface area (TPSA) is 39.7 Å². The van der Waals surface area contributed by atoms with Gasteiger partial charge in [0, 0.05) is 26.7 Å². The zero-order chi connectivity index (χ0) is 13.6. The van der Waals surface area contributed by atoms with Crippen molar-refractivity contribution in [1.82, 2.24) is 15.5 Å². The van der Waals surface area contributed by atoms with Crippen molar-refractivity contribution in [3.05, 3.63) is 0 Å². The lowest BCUT2D eigenvalue weighted by atomic mass is 10.2. The molecule has 2 N–H and O–H groups in total. The molecule has 0 amide bonds. The molecular formula is C14H33IN4. The highest BCUT2D eigenvalue weighted by Gasteiger charge is 1.99. The first-order valence-corrected chi connectivity index (χ1v) is 7.37. The lowest BCUT2D eigenvalue weighted by Crippen LogP contribution is -2.41. The molecule has 0 atom stereocenters. The molecule has 5 heteroatoms. The van der Waals surface area contributed by atoms with E-state index < -0.39 is 0 Å². The van der Waals surface area contributed by atoms with E-state index in [0.717, 1.165) is 25.6 Å². The van der Waals surface area contributed by atoms with Crippen molar-refractivity contribution in [3.8, 4) is 0 Å². The minimum atomic E-state index is 0. The first kappa shape index (κ1) is 21.3. The molecule has 0 bridgehead atoms. The summed E-state index contributed by atoms with van der Waals surface area (Å²) < 4.78 is 0. The number of halogens is 1. The van der Waals surface area contributed by atoms with Gasteiger partial charge in [0.15, 0.2) is 5.96 Å². The van der Waals surface area contributed by atoms with Gasteiger partial charge < -0.3 is 15.5 Å². The maximum Gasteiger partial charge on any atom is 0.191 e. The number of aliphatic imine (C=N–C) groups is 1. The molecule has 0 aromatic heterocycles. The Morgan fingerprint density at radius 2 is 1.58 bits per heavy atom. The first-order chi connectivity index (χ1) is 8.74. The summed E-state index contributed by atoms with van der Waals surface area (Å²) in [4.78, 5) is 6.58. The highest BCUT2D eigenvalue weighted by molar-refractivity contribution is 14.0. The van der Waals surface area contributed by atoms with Gasteiger partial charge in [0.1, 0.15) is 0 Å². The highest BCUT2D eigenvalue weighted by Crippen LogP contribution is 1.91. The predicted molar refractivity (Wildman–Crippen MR) is 96.7 cm³/mol. The third-order valence-electron chi connectivity index (χ3n) is 2.98. The molecule has 4 nitrogen and oxygen atoms in total. The SMILES string of the molecule is CCCCCNC(=NC)NCCN(C)CCCC.I. The summed E-state index contributed by atoms with van der Waals surface area (Å²) in [5, 5.41) is 6.69. The van der Waals surface area contributed by atoms with Gasteiger partial charge in [-0.2, -0.15) is 0 Å². The fraction of sp³-hybridized carbons (Fsp3) is 0.929. The van der Waals surface area contributed by atoms with Gasteiger partial charge in [-0.3, -0.25) is 4.99 Å². The number of unbranched alkanes of at least 4 members (excludes halogenated alkanes) is 3. The van der Waals surface area contributed by atoms with Crippen LogP contribution in [0.5, 0.6) is 0 Å². The molecule has 0 saturated carbocycles. The molecule has 0 aliphatic carbocycles. The maximum absolute atomic E-state index is 4.22. The van der Waals surface area contributed by atoms with Gasteiger partial charge in [-0.15, -0.1) is 24.0 Å². The van der Waals surface area contributed by atoms with E-state index in [9.17, 15) is 0 Å². The summed E-state index contributed by atoms with van der Waals surface area (Å²) >= 11 is 0. The third kappa shape index (κ3) is 14.2. The van der Waals surface area contributed by atoms with Gasteiger partial charge >= 0.3 is 0 Å². The summed E-state index contributed by atoms with van der Waals surface area (Å²) in [6.45, 7) is 8.66. The fourth-order valence-corrected chi connectivity index (χ4v) is 1.71. The minimum Gasteiger partial charge on any atom is -0.356 e. The quantitative estimate of drug-likeness (QED) is 0.263. The summed E-state index contributed by atoms with van der Waals surface area (Å²) in [5.74, 6) is 0.926. The lowest BCUT2D eigenvalue weighted by Gasteiger charge is -2.17. The molecule has 0 aliphatic heterocycles. The summed E-state index contributed by atoms with van der Waals surface area (Å²) in [6.07, 6.45) is 6.30. The summed E-state index contributed by atoms with van der Waals surface area (Å²) in [6, 6.07) is 0. The van der Waals surface area contributed by atoms with Crippen LogP contribution >= 0.6 is 24.0 Å². The van der Waals surface area contributed by atoms with Crippen molar-refractivity contribution in [2.24, 2.45) is 4.99 Å². The Balaban J connectivity index is 0. The number of hydrogen-bond donors (Lipinski definition) is 2. The van der Waals surface area contributed by atoms with Crippen LogP contribution in [0.15, 0.2) is 4.99 Å². The summed E-state index contributed by atoms with van der Waals surface area (Å²) in [5.41, 5.74) is 0. The van der Waals surface area contributed by atoms with Crippen LogP contribution in [0.3, 0.4) is 0 Å². The highest BCUT2D eigenvalue weighted by atomic mass is 127. The van der Waals surface area contributed by atoms with Crippen LogP contribution in [-0.4, -0.2) is 51.1 Å². The Morgan fingerprint density at radius 3 is 2.16 bits per heavy atom. The third-order valence-corrected chi connectivity index (χ3v) is 2.98. The second-order valence-electron chi connectivity index (χ2n) is 4.79. The average molecular weight is 384 g/mol. The molecule has 0 heterocycles. The average Bonchev–Trinajstić information content (AvgIpc) is 2.39. The van der Waals surface area contributed by atoms with Crippen molar-refractivity contribution in [2.75, 3.05) is 40.3 Å². The number of likely N-dealkylation sites (N-methyl/N-ethyl adjacent to an activating group) is 1. The van der Waals surface area contributed by atoms with Gasteiger partial charge in [-0.05, 0) is 26.4 Å². The van der Waals surface area contributed by atoms with E-state index in [2.05, 4.69) is 41.4 Å². The van der Waals surface area contributed by atoms with Crippen molar-refractivity contribution in [1.29, 1.82) is 0 Å². The van der Waals surface area contributed by atoms with Crippen LogP contribution in [-0.2, 0) is 0 Å². The first-order valence-electron chi connectivity index (χ1n) is 7.37. The smallest absolute Gasteiger partial charge is 0.191 e. The number of nitrogens with one attached hydrogen (secondary N) is 2. The van der Waals surface area contributed by atoms with Crippen molar-refractivity contribution < 1.29 is 0 Å². The zero-order valence-corrected chi connectivity index (χ0v) is 15.5.